The molecule has 94 valence electrons. The summed E-state index contributed by atoms with van der Waals surface area (Å²) < 4.78 is 5.47. The molecule has 0 spiro atoms. The van der Waals surface area contributed by atoms with Crippen molar-refractivity contribution in [3.05, 3.63) is 23.7 Å². The van der Waals surface area contributed by atoms with Gasteiger partial charge in [0.25, 0.3) is 0 Å². The van der Waals surface area contributed by atoms with Crippen molar-refractivity contribution in [3.8, 4) is 0 Å². The van der Waals surface area contributed by atoms with Crippen LogP contribution in [-0.4, -0.2) is 23.6 Å². The zero-order valence-electron chi connectivity index (χ0n) is 10.4. The highest BCUT2D eigenvalue weighted by molar-refractivity contribution is 7.80. The Morgan fingerprint density at radius 3 is 2.71 bits per heavy atom. The van der Waals surface area contributed by atoms with E-state index in [1.807, 2.05) is 26.1 Å². The number of amides is 1. The van der Waals surface area contributed by atoms with Gasteiger partial charge in [-0.1, -0.05) is 0 Å². The third-order valence-electron chi connectivity index (χ3n) is 3.43. The Labute approximate surface area is 108 Å². The van der Waals surface area contributed by atoms with Gasteiger partial charge in [-0.05, 0) is 43.1 Å². The van der Waals surface area contributed by atoms with E-state index in [1.165, 1.54) is 0 Å². The molecule has 3 nitrogen and oxygen atoms in total. The summed E-state index contributed by atoms with van der Waals surface area (Å²) in [6.45, 7) is 2.46. The first-order valence-electron chi connectivity index (χ1n) is 5.95. The van der Waals surface area contributed by atoms with Gasteiger partial charge in [0.15, 0.2) is 0 Å². The standard InChI is InChI=1S/C13H19NO2S/c1-10-3-4-11(16-10)8-14(2)12(15)7-13(9-17)5-6-13/h3-4,17H,5-9H2,1-2H3. The van der Waals surface area contributed by atoms with Crippen LogP contribution in [0, 0.1) is 12.3 Å². The molecular weight excluding hydrogens is 234 g/mol. The summed E-state index contributed by atoms with van der Waals surface area (Å²) in [5.74, 6) is 2.72. The molecule has 0 aromatic carbocycles. The van der Waals surface area contributed by atoms with Gasteiger partial charge in [0.2, 0.25) is 5.91 Å². The Morgan fingerprint density at radius 2 is 2.24 bits per heavy atom. The zero-order valence-corrected chi connectivity index (χ0v) is 11.3. The average Bonchev–Trinajstić information content (AvgIpc) is 2.95. The molecule has 1 amide bonds. The number of hydrogen-bond acceptors (Lipinski definition) is 3. The normalized spacial score (nSPS) is 16.9. The number of thiol groups is 1. The van der Waals surface area contributed by atoms with Crippen molar-refractivity contribution in [2.75, 3.05) is 12.8 Å². The first kappa shape index (κ1) is 12.6. The van der Waals surface area contributed by atoms with Crippen molar-refractivity contribution < 1.29 is 9.21 Å². The van der Waals surface area contributed by atoms with E-state index in [2.05, 4.69) is 12.6 Å². The molecule has 1 aliphatic carbocycles. The summed E-state index contributed by atoms with van der Waals surface area (Å²) in [5.41, 5.74) is 0.188. The number of aryl methyl sites for hydroxylation is 1. The maximum absolute atomic E-state index is 12.0. The van der Waals surface area contributed by atoms with Crippen molar-refractivity contribution in [3.63, 3.8) is 0 Å². The number of rotatable bonds is 5. The van der Waals surface area contributed by atoms with E-state index >= 15 is 0 Å². The van der Waals surface area contributed by atoms with E-state index in [1.54, 1.807) is 4.90 Å². The number of hydrogen-bond donors (Lipinski definition) is 1. The molecule has 0 unspecified atom stereocenters. The molecular formula is C13H19NO2S. The van der Waals surface area contributed by atoms with Crippen LogP contribution in [0.15, 0.2) is 16.5 Å². The van der Waals surface area contributed by atoms with Crippen molar-refractivity contribution in [2.24, 2.45) is 5.41 Å². The lowest BCUT2D eigenvalue weighted by molar-refractivity contribution is -0.131. The Hall–Kier alpha value is -0.900. The fraction of sp³-hybridized carbons (Fsp3) is 0.615. The van der Waals surface area contributed by atoms with Crippen molar-refractivity contribution >= 4 is 18.5 Å². The molecule has 0 radical (unpaired) electrons. The van der Waals surface area contributed by atoms with Crippen LogP contribution < -0.4 is 0 Å². The van der Waals surface area contributed by atoms with Gasteiger partial charge < -0.3 is 9.32 Å². The van der Waals surface area contributed by atoms with Gasteiger partial charge >= 0.3 is 0 Å². The van der Waals surface area contributed by atoms with Crippen LogP contribution in [0.25, 0.3) is 0 Å². The van der Waals surface area contributed by atoms with E-state index < -0.39 is 0 Å². The maximum atomic E-state index is 12.0. The fourth-order valence-corrected chi connectivity index (χ4v) is 2.34. The van der Waals surface area contributed by atoms with Crippen LogP contribution in [0.5, 0.6) is 0 Å². The topological polar surface area (TPSA) is 33.5 Å². The Kier molecular flexibility index (Phi) is 3.52. The Balaban J connectivity index is 1.87. The molecule has 1 aromatic heterocycles. The first-order valence-corrected chi connectivity index (χ1v) is 6.58. The average molecular weight is 253 g/mol. The smallest absolute Gasteiger partial charge is 0.223 e. The second-order valence-corrected chi connectivity index (χ2v) is 5.41. The van der Waals surface area contributed by atoms with E-state index in [9.17, 15) is 4.79 Å². The van der Waals surface area contributed by atoms with E-state index in [-0.39, 0.29) is 11.3 Å². The lowest BCUT2D eigenvalue weighted by Crippen LogP contribution is -2.28. The lowest BCUT2D eigenvalue weighted by Gasteiger charge is -2.19. The van der Waals surface area contributed by atoms with Gasteiger partial charge in [-0.3, -0.25) is 4.79 Å². The number of furan rings is 1. The van der Waals surface area contributed by atoms with E-state index in [0.717, 1.165) is 30.1 Å². The van der Waals surface area contributed by atoms with E-state index in [4.69, 9.17) is 4.42 Å². The largest absolute Gasteiger partial charge is 0.464 e. The van der Waals surface area contributed by atoms with Crippen LogP contribution in [0.1, 0.15) is 30.8 Å². The van der Waals surface area contributed by atoms with Gasteiger partial charge in [-0.2, -0.15) is 12.6 Å². The van der Waals surface area contributed by atoms with Gasteiger partial charge in [-0.25, -0.2) is 0 Å². The highest BCUT2D eigenvalue weighted by Crippen LogP contribution is 2.49. The molecule has 0 saturated heterocycles. The molecule has 17 heavy (non-hydrogen) atoms. The van der Waals surface area contributed by atoms with Crippen LogP contribution in [-0.2, 0) is 11.3 Å². The highest BCUT2D eigenvalue weighted by atomic mass is 32.1. The monoisotopic (exact) mass is 253 g/mol. The first-order chi connectivity index (χ1) is 8.04. The highest BCUT2D eigenvalue weighted by Gasteiger charge is 2.43. The van der Waals surface area contributed by atoms with Gasteiger partial charge in [0.1, 0.15) is 11.5 Å². The number of carbonyl (C=O) groups excluding carboxylic acids is 1. The predicted octanol–water partition coefficient (Wildman–Crippen LogP) is 2.65. The molecule has 1 fully saturated rings. The minimum absolute atomic E-state index is 0.186. The van der Waals surface area contributed by atoms with Crippen molar-refractivity contribution in [1.82, 2.24) is 4.90 Å². The van der Waals surface area contributed by atoms with Gasteiger partial charge in [0, 0.05) is 13.5 Å². The second-order valence-electron chi connectivity index (χ2n) is 5.10. The molecule has 1 saturated carbocycles. The molecule has 4 heteroatoms. The molecule has 0 bridgehead atoms. The van der Waals surface area contributed by atoms with Crippen LogP contribution >= 0.6 is 12.6 Å². The maximum Gasteiger partial charge on any atom is 0.223 e. The quantitative estimate of drug-likeness (QED) is 0.818. The third kappa shape index (κ3) is 3.06. The molecule has 1 heterocycles. The Bertz CT molecular complexity index is 409. The zero-order chi connectivity index (χ0) is 12.5. The molecule has 1 aromatic rings. The van der Waals surface area contributed by atoms with Crippen LogP contribution in [0.3, 0.4) is 0 Å². The summed E-state index contributed by atoms with van der Waals surface area (Å²) >= 11 is 4.32. The van der Waals surface area contributed by atoms with E-state index in [0.29, 0.717) is 13.0 Å². The fourth-order valence-electron chi connectivity index (χ4n) is 1.92. The second kappa shape index (κ2) is 4.77. The summed E-state index contributed by atoms with van der Waals surface area (Å²) in [4.78, 5) is 13.8. The van der Waals surface area contributed by atoms with Gasteiger partial charge in [-0.15, -0.1) is 0 Å². The van der Waals surface area contributed by atoms with Crippen molar-refractivity contribution in [2.45, 2.75) is 32.7 Å². The SMILES string of the molecule is Cc1ccc(CN(C)C(=O)CC2(CS)CC2)o1. The van der Waals surface area contributed by atoms with Crippen LogP contribution in [0.2, 0.25) is 0 Å². The van der Waals surface area contributed by atoms with Gasteiger partial charge in [0.05, 0.1) is 6.54 Å². The Morgan fingerprint density at radius 1 is 1.53 bits per heavy atom. The molecule has 0 atom stereocenters. The summed E-state index contributed by atoms with van der Waals surface area (Å²) in [7, 11) is 1.83. The van der Waals surface area contributed by atoms with Crippen molar-refractivity contribution in [1.29, 1.82) is 0 Å². The summed E-state index contributed by atoms with van der Waals surface area (Å²) in [6.07, 6.45) is 2.89. The number of carbonyl (C=O) groups is 1. The lowest BCUT2D eigenvalue weighted by atomic mass is 10.0. The molecule has 2 rings (SSSR count). The minimum Gasteiger partial charge on any atom is -0.464 e. The third-order valence-corrected chi connectivity index (χ3v) is 4.10. The number of nitrogens with zero attached hydrogens (tertiary/aromatic N) is 1. The van der Waals surface area contributed by atoms with Crippen LogP contribution in [0.4, 0.5) is 0 Å². The molecule has 0 aliphatic heterocycles. The molecule has 0 N–H and O–H groups in total. The predicted molar refractivity (Wildman–Crippen MR) is 70.1 cm³/mol. The minimum atomic E-state index is 0.186. The molecule has 1 aliphatic rings. The summed E-state index contributed by atoms with van der Waals surface area (Å²) in [6, 6.07) is 3.84. The summed E-state index contributed by atoms with van der Waals surface area (Å²) in [5, 5.41) is 0.